The molecule has 0 spiro atoms. The lowest BCUT2D eigenvalue weighted by molar-refractivity contribution is 0.131. The van der Waals surface area contributed by atoms with Crippen LogP contribution in [0.5, 0.6) is 0 Å². The fraction of sp³-hybridized carbons (Fsp3) is 1.00. The summed E-state index contributed by atoms with van der Waals surface area (Å²) in [6.45, 7) is 15.7. The Morgan fingerprint density at radius 3 is 1.94 bits per heavy atom. The highest BCUT2D eigenvalue weighted by Crippen LogP contribution is 2.16. The Kier molecular flexibility index (Phi) is 7.25. The fourth-order valence-electron chi connectivity index (χ4n) is 2.19. The van der Waals surface area contributed by atoms with Gasteiger partial charge in [0.1, 0.15) is 0 Å². The van der Waals surface area contributed by atoms with E-state index < -0.39 is 0 Å². The van der Waals surface area contributed by atoms with Crippen LogP contribution in [-0.2, 0) is 0 Å². The summed E-state index contributed by atoms with van der Waals surface area (Å²) in [4.78, 5) is 2.59. The molecule has 98 valence electrons. The van der Waals surface area contributed by atoms with Gasteiger partial charge >= 0.3 is 0 Å². The number of nitrogens with zero attached hydrogens (tertiary/aromatic N) is 1. The van der Waals surface area contributed by atoms with E-state index in [0.717, 1.165) is 13.0 Å². The van der Waals surface area contributed by atoms with Crippen molar-refractivity contribution in [3.8, 4) is 0 Å². The van der Waals surface area contributed by atoms with Crippen LogP contribution in [0.2, 0.25) is 0 Å². The van der Waals surface area contributed by atoms with E-state index in [0.29, 0.717) is 12.0 Å². The molecular formula is C14H32N2. The van der Waals surface area contributed by atoms with Gasteiger partial charge in [0, 0.05) is 24.7 Å². The SMILES string of the molecule is CCC(CC)N(CC(C)C)CC(C)(N)CC. The van der Waals surface area contributed by atoms with Gasteiger partial charge in [-0.3, -0.25) is 4.90 Å². The second-order valence-corrected chi connectivity index (χ2v) is 5.80. The standard InChI is InChI=1S/C14H32N2/c1-7-13(8-2)16(10-12(4)5)11-14(6,15)9-3/h12-13H,7-11,15H2,1-6H3. The topological polar surface area (TPSA) is 29.3 Å². The first-order valence-corrected chi connectivity index (χ1v) is 6.89. The maximum Gasteiger partial charge on any atom is 0.0252 e. The van der Waals surface area contributed by atoms with Gasteiger partial charge in [-0.05, 0) is 32.1 Å². The van der Waals surface area contributed by atoms with Gasteiger partial charge in [-0.1, -0.05) is 34.6 Å². The molecule has 0 saturated heterocycles. The third-order valence-corrected chi connectivity index (χ3v) is 3.43. The molecule has 2 nitrogen and oxygen atoms in total. The molecule has 1 atom stereocenters. The van der Waals surface area contributed by atoms with E-state index in [1.54, 1.807) is 0 Å². The van der Waals surface area contributed by atoms with Crippen molar-refractivity contribution in [2.24, 2.45) is 11.7 Å². The van der Waals surface area contributed by atoms with Crippen molar-refractivity contribution in [1.29, 1.82) is 0 Å². The van der Waals surface area contributed by atoms with E-state index in [1.165, 1.54) is 19.4 Å². The zero-order valence-electron chi connectivity index (χ0n) is 12.2. The first kappa shape index (κ1) is 15.9. The second kappa shape index (κ2) is 7.29. The predicted molar refractivity (Wildman–Crippen MR) is 73.7 cm³/mol. The molecule has 0 aliphatic rings. The first-order chi connectivity index (χ1) is 7.36. The minimum atomic E-state index is -0.0442. The molecule has 0 aliphatic carbocycles. The summed E-state index contributed by atoms with van der Waals surface area (Å²) >= 11 is 0. The summed E-state index contributed by atoms with van der Waals surface area (Å²) in [5.41, 5.74) is 6.25. The maximum absolute atomic E-state index is 6.30. The molecule has 0 aromatic rings. The van der Waals surface area contributed by atoms with Crippen LogP contribution in [0.25, 0.3) is 0 Å². The normalized spacial score (nSPS) is 16.1. The third kappa shape index (κ3) is 5.86. The average Bonchev–Trinajstić information content (AvgIpc) is 2.18. The Morgan fingerprint density at radius 2 is 1.62 bits per heavy atom. The highest BCUT2D eigenvalue weighted by Gasteiger charge is 2.24. The monoisotopic (exact) mass is 228 g/mol. The van der Waals surface area contributed by atoms with Crippen molar-refractivity contribution < 1.29 is 0 Å². The Morgan fingerprint density at radius 1 is 1.12 bits per heavy atom. The molecule has 1 unspecified atom stereocenters. The molecule has 0 rings (SSSR count). The number of nitrogens with two attached hydrogens (primary N) is 1. The molecule has 0 radical (unpaired) electrons. The molecule has 2 N–H and O–H groups in total. The van der Waals surface area contributed by atoms with E-state index in [1.807, 2.05) is 0 Å². The largest absolute Gasteiger partial charge is 0.324 e. The summed E-state index contributed by atoms with van der Waals surface area (Å²) in [6, 6.07) is 0.692. The molecule has 0 heterocycles. The smallest absolute Gasteiger partial charge is 0.0252 e. The lowest BCUT2D eigenvalue weighted by atomic mass is 9.97. The summed E-state index contributed by atoms with van der Waals surface area (Å²) in [6.07, 6.45) is 3.49. The number of hydrogen-bond donors (Lipinski definition) is 1. The Balaban J connectivity index is 4.53. The van der Waals surface area contributed by atoms with Gasteiger partial charge < -0.3 is 5.73 Å². The van der Waals surface area contributed by atoms with Gasteiger partial charge in [-0.2, -0.15) is 0 Å². The quantitative estimate of drug-likeness (QED) is 0.691. The molecule has 0 fully saturated rings. The summed E-state index contributed by atoms with van der Waals surface area (Å²) in [5, 5.41) is 0. The Hall–Kier alpha value is -0.0800. The highest BCUT2D eigenvalue weighted by atomic mass is 15.2. The van der Waals surface area contributed by atoms with E-state index >= 15 is 0 Å². The van der Waals surface area contributed by atoms with Crippen LogP contribution in [0.3, 0.4) is 0 Å². The minimum absolute atomic E-state index is 0.0442. The van der Waals surface area contributed by atoms with E-state index in [4.69, 9.17) is 5.73 Å². The van der Waals surface area contributed by atoms with Crippen molar-refractivity contribution >= 4 is 0 Å². The van der Waals surface area contributed by atoms with Crippen LogP contribution in [0.15, 0.2) is 0 Å². The minimum Gasteiger partial charge on any atom is -0.324 e. The van der Waals surface area contributed by atoms with Crippen LogP contribution in [0.4, 0.5) is 0 Å². The second-order valence-electron chi connectivity index (χ2n) is 5.80. The molecule has 0 aromatic heterocycles. The molecule has 0 bridgehead atoms. The van der Waals surface area contributed by atoms with Crippen molar-refractivity contribution in [2.45, 2.75) is 72.4 Å². The summed E-state index contributed by atoms with van der Waals surface area (Å²) in [5.74, 6) is 0.716. The number of rotatable bonds is 8. The lowest BCUT2D eigenvalue weighted by Crippen LogP contribution is -2.51. The van der Waals surface area contributed by atoms with Gasteiger partial charge in [0.15, 0.2) is 0 Å². The fourth-order valence-corrected chi connectivity index (χ4v) is 2.19. The van der Waals surface area contributed by atoms with Crippen LogP contribution in [0, 0.1) is 5.92 Å². The van der Waals surface area contributed by atoms with Crippen LogP contribution in [-0.4, -0.2) is 29.6 Å². The van der Waals surface area contributed by atoms with Crippen molar-refractivity contribution in [3.05, 3.63) is 0 Å². The van der Waals surface area contributed by atoms with Gasteiger partial charge in [-0.15, -0.1) is 0 Å². The highest BCUT2D eigenvalue weighted by molar-refractivity contribution is 4.84. The molecule has 0 aliphatic heterocycles. The average molecular weight is 228 g/mol. The molecular weight excluding hydrogens is 196 g/mol. The molecule has 0 amide bonds. The van der Waals surface area contributed by atoms with Gasteiger partial charge in [0.2, 0.25) is 0 Å². The van der Waals surface area contributed by atoms with Gasteiger partial charge in [-0.25, -0.2) is 0 Å². The summed E-state index contributed by atoms with van der Waals surface area (Å²) in [7, 11) is 0. The van der Waals surface area contributed by atoms with Crippen LogP contribution in [0.1, 0.15) is 60.8 Å². The van der Waals surface area contributed by atoms with Crippen molar-refractivity contribution in [1.82, 2.24) is 4.90 Å². The third-order valence-electron chi connectivity index (χ3n) is 3.43. The van der Waals surface area contributed by atoms with E-state index in [-0.39, 0.29) is 5.54 Å². The molecule has 16 heavy (non-hydrogen) atoms. The molecule has 2 heteroatoms. The van der Waals surface area contributed by atoms with Crippen molar-refractivity contribution in [2.75, 3.05) is 13.1 Å². The Bertz CT molecular complexity index is 172. The van der Waals surface area contributed by atoms with Crippen LogP contribution >= 0.6 is 0 Å². The van der Waals surface area contributed by atoms with Crippen LogP contribution < -0.4 is 5.73 Å². The zero-order valence-corrected chi connectivity index (χ0v) is 12.2. The lowest BCUT2D eigenvalue weighted by Gasteiger charge is -2.37. The Labute approximate surface area is 103 Å². The van der Waals surface area contributed by atoms with Gasteiger partial charge in [0.05, 0.1) is 0 Å². The first-order valence-electron chi connectivity index (χ1n) is 6.89. The molecule has 0 aromatic carbocycles. The van der Waals surface area contributed by atoms with E-state index in [9.17, 15) is 0 Å². The molecule has 0 saturated carbocycles. The van der Waals surface area contributed by atoms with Gasteiger partial charge in [0.25, 0.3) is 0 Å². The zero-order chi connectivity index (χ0) is 12.8. The number of hydrogen-bond acceptors (Lipinski definition) is 2. The van der Waals surface area contributed by atoms with E-state index in [2.05, 4.69) is 46.4 Å². The summed E-state index contributed by atoms with van der Waals surface area (Å²) < 4.78 is 0. The van der Waals surface area contributed by atoms with Crippen molar-refractivity contribution in [3.63, 3.8) is 0 Å². The maximum atomic E-state index is 6.30. The predicted octanol–water partition coefficient (Wildman–Crippen LogP) is 3.26.